The third-order valence-corrected chi connectivity index (χ3v) is 6.34. The summed E-state index contributed by atoms with van der Waals surface area (Å²) in [5.41, 5.74) is 3.15. The van der Waals surface area contributed by atoms with E-state index in [2.05, 4.69) is 20.8 Å². The van der Waals surface area contributed by atoms with Crippen molar-refractivity contribution in [1.82, 2.24) is 20.1 Å². The molecule has 0 saturated carbocycles. The van der Waals surface area contributed by atoms with Crippen LogP contribution >= 0.6 is 11.8 Å². The Bertz CT molecular complexity index is 1200. The monoisotopic (exact) mass is 484 g/mol. The smallest absolute Gasteiger partial charge is 0.325 e. The first-order valence-corrected chi connectivity index (χ1v) is 11.7. The van der Waals surface area contributed by atoms with Crippen LogP contribution in [0.1, 0.15) is 11.1 Å². The predicted octanol–water partition coefficient (Wildman–Crippen LogP) is 3.30. The lowest BCUT2D eigenvalue weighted by Crippen LogP contribution is -2.38. The highest BCUT2D eigenvalue weighted by molar-refractivity contribution is 7.99. The standard InChI is InChI=1S/C23H25FN6O3S/c1-15-5-3-8-19(16(15)2)25-21(32)26-20(31)14-34-23-28-27-22(29-9-11-33-12-10-29)30(23)18-7-4-6-17(24)13-18/h3-8,13H,9-12,14H2,1-2H3,(H2,25,26,31,32). The molecule has 0 radical (unpaired) electrons. The molecule has 0 atom stereocenters. The molecule has 1 aromatic heterocycles. The van der Waals surface area contributed by atoms with Gasteiger partial charge in [-0.05, 0) is 49.2 Å². The number of rotatable bonds is 6. The van der Waals surface area contributed by atoms with Crippen LogP contribution in [-0.4, -0.2) is 58.8 Å². The molecule has 11 heteroatoms. The van der Waals surface area contributed by atoms with E-state index in [9.17, 15) is 14.0 Å². The number of nitrogens with one attached hydrogen (secondary N) is 2. The third kappa shape index (κ3) is 5.54. The van der Waals surface area contributed by atoms with Crippen molar-refractivity contribution in [1.29, 1.82) is 0 Å². The Morgan fingerprint density at radius 2 is 1.88 bits per heavy atom. The molecule has 4 rings (SSSR count). The van der Waals surface area contributed by atoms with Crippen molar-refractivity contribution in [2.75, 3.05) is 42.3 Å². The fourth-order valence-electron chi connectivity index (χ4n) is 3.50. The van der Waals surface area contributed by atoms with Crippen LogP contribution in [0.2, 0.25) is 0 Å². The van der Waals surface area contributed by atoms with Gasteiger partial charge in [0.05, 0.1) is 24.7 Å². The Hall–Kier alpha value is -3.44. The van der Waals surface area contributed by atoms with E-state index < -0.39 is 17.8 Å². The van der Waals surface area contributed by atoms with Gasteiger partial charge in [0.25, 0.3) is 0 Å². The van der Waals surface area contributed by atoms with Gasteiger partial charge in [0.2, 0.25) is 11.9 Å². The number of nitrogens with zero attached hydrogens (tertiary/aromatic N) is 4. The normalized spacial score (nSPS) is 13.6. The SMILES string of the molecule is Cc1cccc(NC(=O)NC(=O)CSc2nnc(N3CCOCC3)n2-c2cccc(F)c2)c1C. The van der Waals surface area contributed by atoms with Crippen LogP contribution in [0, 0.1) is 19.7 Å². The van der Waals surface area contributed by atoms with Gasteiger partial charge in [-0.15, -0.1) is 10.2 Å². The number of anilines is 2. The molecule has 0 aliphatic carbocycles. The molecule has 9 nitrogen and oxygen atoms in total. The minimum atomic E-state index is -0.611. The second kappa shape index (κ2) is 10.7. The summed E-state index contributed by atoms with van der Waals surface area (Å²) in [5.74, 6) is -0.411. The number of benzene rings is 2. The quantitative estimate of drug-likeness (QED) is 0.518. The molecular formula is C23H25FN6O3S. The minimum Gasteiger partial charge on any atom is -0.378 e. The molecule has 3 aromatic rings. The number of carbonyl (C=O) groups excluding carboxylic acids is 2. The maximum atomic E-state index is 14.0. The zero-order valence-electron chi connectivity index (χ0n) is 18.9. The molecule has 2 aromatic carbocycles. The average molecular weight is 485 g/mol. The summed E-state index contributed by atoms with van der Waals surface area (Å²) in [6, 6.07) is 11.0. The fourth-order valence-corrected chi connectivity index (χ4v) is 4.25. The summed E-state index contributed by atoms with van der Waals surface area (Å²) < 4.78 is 21.1. The van der Waals surface area contributed by atoms with E-state index in [-0.39, 0.29) is 5.75 Å². The number of morpholine rings is 1. The predicted molar refractivity (Wildman–Crippen MR) is 128 cm³/mol. The lowest BCUT2D eigenvalue weighted by Gasteiger charge is -2.27. The first kappa shape index (κ1) is 23.7. The van der Waals surface area contributed by atoms with E-state index in [0.717, 1.165) is 22.9 Å². The van der Waals surface area contributed by atoms with Crippen molar-refractivity contribution in [3.63, 3.8) is 0 Å². The largest absolute Gasteiger partial charge is 0.378 e. The number of hydrogen-bond acceptors (Lipinski definition) is 7. The molecule has 0 spiro atoms. The van der Waals surface area contributed by atoms with Gasteiger partial charge in [-0.1, -0.05) is 30.0 Å². The highest BCUT2D eigenvalue weighted by atomic mass is 32.2. The molecule has 34 heavy (non-hydrogen) atoms. The summed E-state index contributed by atoms with van der Waals surface area (Å²) in [6.45, 7) is 6.19. The van der Waals surface area contributed by atoms with Gasteiger partial charge in [0.15, 0.2) is 5.16 Å². The topological polar surface area (TPSA) is 101 Å². The van der Waals surface area contributed by atoms with Gasteiger partial charge in [-0.25, -0.2) is 9.18 Å². The van der Waals surface area contributed by atoms with Gasteiger partial charge in [-0.3, -0.25) is 14.7 Å². The van der Waals surface area contributed by atoms with Crippen LogP contribution in [0.5, 0.6) is 0 Å². The van der Waals surface area contributed by atoms with Crippen LogP contribution in [0.15, 0.2) is 47.6 Å². The van der Waals surface area contributed by atoms with Gasteiger partial charge in [0, 0.05) is 18.8 Å². The number of hydrogen-bond donors (Lipinski definition) is 2. The van der Waals surface area contributed by atoms with Gasteiger partial charge in [0.1, 0.15) is 5.82 Å². The molecule has 1 fully saturated rings. The molecule has 178 valence electrons. The number of ether oxygens (including phenoxy) is 1. The van der Waals surface area contributed by atoms with E-state index in [1.165, 1.54) is 12.1 Å². The maximum Gasteiger partial charge on any atom is 0.325 e. The van der Waals surface area contributed by atoms with E-state index in [1.54, 1.807) is 22.8 Å². The second-order valence-corrected chi connectivity index (χ2v) is 8.68. The fraction of sp³-hybridized carbons (Fsp3) is 0.304. The zero-order valence-corrected chi connectivity index (χ0v) is 19.7. The van der Waals surface area contributed by atoms with E-state index in [1.807, 2.05) is 30.9 Å². The molecule has 1 saturated heterocycles. The van der Waals surface area contributed by atoms with E-state index >= 15 is 0 Å². The van der Waals surface area contributed by atoms with Crippen molar-refractivity contribution >= 4 is 35.3 Å². The highest BCUT2D eigenvalue weighted by Gasteiger charge is 2.23. The molecule has 3 amide bonds. The summed E-state index contributed by atoms with van der Waals surface area (Å²) in [4.78, 5) is 26.7. The number of aromatic nitrogens is 3. The Morgan fingerprint density at radius 1 is 1.12 bits per heavy atom. The number of aryl methyl sites for hydroxylation is 1. The van der Waals surface area contributed by atoms with Gasteiger partial charge < -0.3 is 15.0 Å². The molecule has 0 unspecified atom stereocenters. The minimum absolute atomic E-state index is 0.0726. The van der Waals surface area contributed by atoms with Crippen molar-refractivity contribution in [2.45, 2.75) is 19.0 Å². The Labute approximate surface area is 200 Å². The summed E-state index contributed by atoms with van der Waals surface area (Å²) in [5, 5.41) is 14.0. The summed E-state index contributed by atoms with van der Waals surface area (Å²) in [6.07, 6.45) is 0. The van der Waals surface area contributed by atoms with Crippen LogP contribution in [0.4, 0.5) is 20.8 Å². The number of thioether (sulfide) groups is 1. The maximum absolute atomic E-state index is 14.0. The van der Waals surface area contributed by atoms with Crippen LogP contribution in [0.3, 0.4) is 0 Å². The lowest BCUT2D eigenvalue weighted by atomic mass is 10.1. The molecular weight excluding hydrogens is 459 g/mol. The van der Waals surface area contributed by atoms with Crippen molar-refractivity contribution in [3.8, 4) is 5.69 Å². The van der Waals surface area contributed by atoms with Crippen LogP contribution < -0.4 is 15.5 Å². The molecule has 1 aliphatic rings. The van der Waals surface area contributed by atoms with Crippen molar-refractivity contribution < 1.29 is 18.7 Å². The Balaban J connectivity index is 1.45. The molecule has 0 bridgehead atoms. The summed E-state index contributed by atoms with van der Waals surface area (Å²) >= 11 is 1.11. The lowest BCUT2D eigenvalue weighted by molar-refractivity contribution is -0.117. The van der Waals surface area contributed by atoms with Crippen LogP contribution in [0.25, 0.3) is 5.69 Å². The van der Waals surface area contributed by atoms with Crippen molar-refractivity contribution in [3.05, 3.63) is 59.4 Å². The van der Waals surface area contributed by atoms with E-state index in [0.29, 0.717) is 48.8 Å². The van der Waals surface area contributed by atoms with Crippen LogP contribution in [-0.2, 0) is 9.53 Å². The van der Waals surface area contributed by atoms with Gasteiger partial charge in [-0.2, -0.15) is 0 Å². The first-order chi connectivity index (χ1) is 16.4. The van der Waals surface area contributed by atoms with Gasteiger partial charge >= 0.3 is 6.03 Å². The molecule has 2 heterocycles. The molecule has 2 N–H and O–H groups in total. The van der Waals surface area contributed by atoms with E-state index in [4.69, 9.17) is 4.74 Å². The third-order valence-electron chi connectivity index (χ3n) is 5.41. The zero-order chi connectivity index (χ0) is 24.1. The average Bonchev–Trinajstić information content (AvgIpc) is 3.25. The Kier molecular flexibility index (Phi) is 7.43. The highest BCUT2D eigenvalue weighted by Crippen LogP contribution is 2.27. The number of imide groups is 1. The number of carbonyl (C=O) groups is 2. The summed E-state index contributed by atoms with van der Waals surface area (Å²) in [7, 11) is 0. The number of halogens is 1. The number of amides is 3. The van der Waals surface area contributed by atoms with Crippen molar-refractivity contribution in [2.24, 2.45) is 0 Å². The Morgan fingerprint density at radius 3 is 2.65 bits per heavy atom. The molecule has 1 aliphatic heterocycles. The first-order valence-electron chi connectivity index (χ1n) is 10.8. The number of urea groups is 1. The second-order valence-electron chi connectivity index (χ2n) is 7.74.